The predicted octanol–water partition coefficient (Wildman–Crippen LogP) is 0.979. The maximum Gasteiger partial charge on any atom is 0.176 e. The van der Waals surface area contributed by atoms with Crippen molar-refractivity contribution >= 4 is 17.6 Å². The third-order valence-corrected chi connectivity index (χ3v) is 1.88. The molecule has 0 unspecified atom stereocenters. The van der Waals surface area contributed by atoms with Crippen LogP contribution in [0.1, 0.15) is 4.88 Å². The minimum absolute atomic E-state index is 0.856. The minimum atomic E-state index is 0.856. The first-order chi connectivity index (χ1) is 4.47. The lowest BCUT2D eigenvalue weighted by Crippen LogP contribution is -2.14. The van der Waals surface area contributed by atoms with Crippen molar-refractivity contribution in [1.82, 2.24) is 5.59 Å². The monoisotopic (exact) mass is 140 g/mol. The molecule has 9 heavy (non-hydrogen) atoms. The van der Waals surface area contributed by atoms with Gasteiger partial charge in [0.05, 0.1) is 11.1 Å². The van der Waals surface area contributed by atoms with Crippen LogP contribution in [-0.2, 0) is 0 Å². The highest BCUT2D eigenvalue weighted by molar-refractivity contribution is 7.12. The van der Waals surface area contributed by atoms with E-state index >= 15 is 0 Å². The molecule has 2 heterocycles. The number of nitrogens with one attached hydrogen (secondary N) is 1. The molecule has 1 aromatic heterocycles. The Morgan fingerprint density at radius 1 is 1.67 bits per heavy atom. The third-order valence-electron chi connectivity index (χ3n) is 1.05. The zero-order valence-corrected chi connectivity index (χ0v) is 5.31. The van der Waals surface area contributed by atoms with Crippen LogP contribution < -0.4 is 10.4 Å². The molecule has 3 nitrogen and oxygen atoms in total. The number of hydrazone groups is 1. The van der Waals surface area contributed by atoms with Crippen LogP contribution in [0.3, 0.4) is 0 Å². The van der Waals surface area contributed by atoms with Crippen molar-refractivity contribution < 1.29 is 4.84 Å². The minimum Gasteiger partial charge on any atom is -0.364 e. The van der Waals surface area contributed by atoms with Gasteiger partial charge in [-0.25, -0.2) is 0 Å². The zero-order valence-electron chi connectivity index (χ0n) is 4.50. The third kappa shape index (κ3) is 0.675. The predicted molar refractivity (Wildman–Crippen MR) is 35.7 cm³/mol. The van der Waals surface area contributed by atoms with E-state index in [-0.39, 0.29) is 0 Å². The SMILES string of the molecule is C1=NNOc2ccsc21. The average Bonchev–Trinajstić information content (AvgIpc) is 2.33. The number of nitrogens with zero attached hydrogens (tertiary/aromatic N) is 1. The largest absolute Gasteiger partial charge is 0.364 e. The van der Waals surface area contributed by atoms with Crippen LogP contribution in [0.2, 0.25) is 0 Å². The number of hydrogen-bond acceptors (Lipinski definition) is 4. The molecule has 0 saturated carbocycles. The lowest BCUT2D eigenvalue weighted by Gasteiger charge is -2.05. The summed E-state index contributed by atoms with van der Waals surface area (Å²) in [5, 5.41) is 5.67. The van der Waals surface area contributed by atoms with Gasteiger partial charge in [-0.15, -0.1) is 16.9 Å². The van der Waals surface area contributed by atoms with Gasteiger partial charge >= 0.3 is 0 Å². The molecule has 0 amide bonds. The van der Waals surface area contributed by atoms with Gasteiger partial charge in [0, 0.05) is 0 Å². The van der Waals surface area contributed by atoms with E-state index in [0.29, 0.717) is 0 Å². The molecule has 0 fully saturated rings. The van der Waals surface area contributed by atoms with E-state index in [0.717, 1.165) is 10.6 Å². The lowest BCUT2D eigenvalue weighted by atomic mass is 10.4. The number of fused-ring (bicyclic) bond motifs is 1. The molecular weight excluding hydrogens is 136 g/mol. The maximum atomic E-state index is 4.93. The van der Waals surface area contributed by atoms with E-state index in [4.69, 9.17) is 4.84 Å². The van der Waals surface area contributed by atoms with Crippen molar-refractivity contribution in [3.8, 4) is 5.75 Å². The Balaban J connectivity index is 2.53. The molecule has 0 atom stereocenters. The molecule has 4 heteroatoms. The van der Waals surface area contributed by atoms with Gasteiger partial charge in [0.1, 0.15) is 0 Å². The molecule has 0 bridgehead atoms. The normalized spacial score (nSPS) is 13.8. The summed E-state index contributed by atoms with van der Waals surface area (Å²) in [6.07, 6.45) is 1.74. The summed E-state index contributed by atoms with van der Waals surface area (Å²) in [5.41, 5.74) is 2.40. The summed E-state index contributed by atoms with van der Waals surface area (Å²) in [4.78, 5) is 5.99. The molecule has 1 N–H and O–H groups in total. The molecule has 1 aromatic rings. The van der Waals surface area contributed by atoms with Crippen molar-refractivity contribution in [3.63, 3.8) is 0 Å². The quantitative estimate of drug-likeness (QED) is 0.582. The van der Waals surface area contributed by atoms with Crippen LogP contribution in [0.25, 0.3) is 0 Å². The second kappa shape index (κ2) is 1.73. The summed E-state index contributed by atoms with van der Waals surface area (Å²) in [6.45, 7) is 0. The Morgan fingerprint density at radius 3 is 3.56 bits per heavy atom. The van der Waals surface area contributed by atoms with E-state index in [9.17, 15) is 0 Å². The van der Waals surface area contributed by atoms with Gasteiger partial charge in [-0.2, -0.15) is 5.10 Å². The van der Waals surface area contributed by atoms with Crippen LogP contribution in [0.4, 0.5) is 0 Å². The van der Waals surface area contributed by atoms with E-state index in [1.165, 1.54) is 0 Å². The molecule has 0 saturated heterocycles. The lowest BCUT2D eigenvalue weighted by molar-refractivity contribution is 0.198. The Bertz CT molecular complexity index is 243. The van der Waals surface area contributed by atoms with Gasteiger partial charge in [0.25, 0.3) is 0 Å². The van der Waals surface area contributed by atoms with Crippen LogP contribution >= 0.6 is 11.3 Å². The number of rotatable bonds is 0. The molecule has 2 rings (SSSR count). The van der Waals surface area contributed by atoms with Gasteiger partial charge in [-0.3, -0.25) is 0 Å². The summed E-state index contributed by atoms with van der Waals surface area (Å²) < 4.78 is 0. The van der Waals surface area contributed by atoms with Gasteiger partial charge in [0.15, 0.2) is 5.75 Å². The van der Waals surface area contributed by atoms with Crippen LogP contribution in [0.15, 0.2) is 16.5 Å². The van der Waals surface area contributed by atoms with Crippen LogP contribution in [-0.4, -0.2) is 6.21 Å². The van der Waals surface area contributed by atoms with Crippen molar-refractivity contribution in [2.45, 2.75) is 0 Å². The summed E-state index contributed by atoms with van der Waals surface area (Å²) in [6, 6.07) is 1.90. The second-order valence-electron chi connectivity index (χ2n) is 1.60. The molecule has 0 aromatic carbocycles. The van der Waals surface area contributed by atoms with Gasteiger partial charge in [-0.05, 0) is 11.4 Å². The first kappa shape index (κ1) is 4.81. The number of hydrogen-bond donors (Lipinski definition) is 1. The Hall–Kier alpha value is -1.03. The van der Waals surface area contributed by atoms with Crippen LogP contribution in [0, 0.1) is 0 Å². The molecule has 0 aliphatic carbocycles. The molecule has 1 aliphatic heterocycles. The van der Waals surface area contributed by atoms with Gasteiger partial charge < -0.3 is 4.84 Å². The zero-order chi connectivity index (χ0) is 6.10. The van der Waals surface area contributed by atoms with E-state index < -0.39 is 0 Å². The molecule has 0 radical (unpaired) electrons. The molecular formula is C5H4N2OS. The highest BCUT2D eigenvalue weighted by Crippen LogP contribution is 2.23. The molecule has 0 spiro atoms. The highest BCUT2D eigenvalue weighted by atomic mass is 32.1. The fourth-order valence-electron chi connectivity index (χ4n) is 0.648. The van der Waals surface area contributed by atoms with Crippen molar-refractivity contribution in [1.29, 1.82) is 0 Å². The summed E-state index contributed by atoms with van der Waals surface area (Å²) >= 11 is 1.61. The van der Waals surface area contributed by atoms with Crippen LogP contribution in [0.5, 0.6) is 5.75 Å². The van der Waals surface area contributed by atoms with Crippen molar-refractivity contribution in [2.24, 2.45) is 5.10 Å². The first-order valence-electron chi connectivity index (χ1n) is 2.49. The van der Waals surface area contributed by atoms with Gasteiger partial charge in [-0.1, -0.05) is 0 Å². The fourth-order valence-corrected chi connectivity index (χ4v) is 1.33. The molecule has 46 valence electrons. The van der Waals surface area contributed by atoms with E-state index in [1.807, 2.05) is 11.4 Å². The highest BCUT2D eigenvalue weighted by Gasteiger charge is 2.05. The molecule has 1 aliphatic rings. The second-order valence-corrected chi connectivity index (χ2v) is 2.55. The van der Waals surface area contributed by atoms with E-state index in [1.54, 1.807) is 17.6 Å². The standard InChI is InChI=1S/C5H4N2OS/c1-2-9-5-3-6-7-8-4(1)5/h1-3,7H. The smallest absolute Gasteiger partial charge is 0.176 e. The average molecular weight is 140 g/mol. The van der Waals surface area contributed by atoms with Gasteiger partial charge in [0.2, 0.25) is 0 Å². The Labute approximate surface area is 55.9 Å². The maximum absolute atomic E-state index is 4.93. The van der Waals surface area contributed by atoms with Crippen molar-refractivity contribution in [3.05, 3.63) is 16.3 Å². The summed E-state index contributed by atoms with van der Waals surface area (Å²) in [5.74, 6) is 0.856. The first-order valence-corrected chi connectivity index (χ1v) is 3.37. The summed E-state index contributed by atoms with van der Waals surface area (Å²) in [7, 11) is 0. The number of thiophene rings is 1. The Kier molecular flexibility index (Phi) is 0.927. The van der Waals surface area contributed by atoms with Crippen molar-refractivity contribution in [2.75, 3.05) is 0 Å². The topological polar surface area (TPSA) is 33.6 Å². The Morgan fingerprint density at radius 2 is 2.67 bits per heavy atom. The fraction of sp³-hybridized carbons (Fsp3) is 0. The van der Waals surface area contributed by atoms with E-state index in [2.05, 4.69) is 10.7 Å².